The van der Waals surface area contributed by atoms with E-state index in [4.69, 9.17) is 0 Å². The smallest absolute Gasteiger partial charge is 0.0139 e. The van der Waals surface area contributed by atoms with Crippen LogP contribution in [0, 0.1) is 0 Å². The zero-order valence-electron chi connectivity index (χ0n) is 11.5. The second kappa shape index (κ2) is 6.75. The van der Waals surface area contributed by atoms with Crippen molar-refractivity contribution in [2.24, 2.45) is 0 Å². The van der Waals surface area contributed by atoms with Crippen molar-refractivity contribution < 1.29 is 0 Å². The van der Waals surface area contributed by atoms with E-state index >= 15 is 0 Å². The Labute approximate surface area is 111 Å². The molecule has 1 heteroatoms. The van der Waals surface area contributed by atoms with E-state index in [9.17, 15) is 0 Å². The first-order valence-corrected chi connectivity index (χ1v) is 7.29. The second-order valence-electron chi connectivity index (χ2n) is 5.29. The topological polar surface area (TPSA) is 12.0 Å². The molecule has 0 aromatic heterocycles. The first kappa shape index (κ1) is 13.4. The van der Waals surface area contributed by atoms with Crippen molar-refractivity contribution in [1.82, 2.24) is 5.32 Å². The lowest BCUT2D eigenvalue weighted by Crippen LogP contribution is -2.40. The Morgan fingerprint density at radius 3 is 3.00 bits per heavy atom. The molecule has 2 atom stereocenters. The third-order valence-electron chi connectivity index (χ3n) is 3.96. The molecular weight excluding hydrogens is 218 g/mol. The third kappa shape index (κ3) is 3.02. The van der Waals surface area contributed by atoms with Crippen molar-refractivity contribution in [1.29, 1.82) is 0 Å². The third-order valence-corrected chi connectivity index (χ3v) is 3.96. The van der Waals surface area contributed by atoms with Crippen LogP contribution in [0.5, 0.6) is 0 Å². The predicted octanol–water partition coefficient (Wildman–Crippen LogP) is 4.05. The molecule has 98 valence electrons. The average Bonchev–Trinajstić information content (AvgIpc) is 2.37. The molecule has 0 heterocycles. The summed E-state index contributed by atoms with van der Waals surface area (Å²) in [6, 6.07) is 9.55. The van der Waals surface area contributed by atoms with E-state index in [2.05, 4.69) is 43.1 Å². The molecule has 1 aliphatic carbocycles. The van der Waals surface area contributed by atoms with Crippen molar-refractivity contribution >= 4 is 0 Å². The fraction of sp³-hybridized carbons (Fsp3) is 0.529. The molecule has 1 nitrogen and oxygen atoms in total. The highest BCUT2D eigenvalue weighted by molar-refractivity contribution is 5.41. The molecule has 0 fully saturated rings. The number of unbranched alkanes of at least 4 members (excludes halogenated alkanes) is 1. The molecule has 0 amide bonds. The monoisotopic (exact) mass is 243 g/mol. The highest BCUT2D eigenvalue weighted by atomic mass is 14.9. The maximum Gasteiger partial charge on any atom is 0.0139 e. The fourth-order valence-electron chi connectivity index (χ4n) is 2.91. The van der Waals surface area contributed by atoms with E-state index in [0.717, 1.165) is 18.9 Å². The van der Waals surface area contributed by atoms with Crippen LogP contribution in [0.25, 0.3) is 0 Å². The van der Waals surface area contributed by atoms with Crippen molar-refractivity contribution in [3.05, 3.63) is 48.0 Å². The summed E-state index contributed by atoms with van der Waals surface area (Å²) in [7, 11) is 0. The number of nitrogens with one attached hydrogen (secondary N) is 1. The maximum absolute atomic E-state index is 3.81. The number of benzene rings is 1. The molecule has 0 aliphatic heterocycles. The Balaban J connectivity index is 1.95. The van der Waals surface area contributed by atoms with E-state index in [-0.39, 0.29) is 0 Å². The van der Waals surface area contributed by atoms with Gasteiger partial charge in [0.2, 0.25) is 0 Å². The van der Waals surface area contributed by atoms with Crippen LogP contribution in [-0.4, -0.2) is 12.6 Å². The first-order chi connectivity index (χ1) is 8.86. The van der Waals surface area contributed by atoms with Crippen molar-refractivity contribution in [2.45, 2.75) is 51.0 Å². The standard InChI is InChI=1S/C17H25N/c1-3-5-6-11-17(18-12-4-2)16-13-14-9-7-8-10-15(14)16/h3,7-10,16-18H,1,4-6,11-13H2,2H3. The number of allylic oxidation sites excluding steroid dienone is 1. The summed E-state index contributed by atoms with van der Waals surface area (Å²) in [4.78, 5) is 0. The molecule has 1 aliphatic rings. The quantitative estimate of drug-likeness (QED) is 0.536. The molecule has 2 unspecified atom stereocenters. The zero-order valence-corrected chi connectivity index (χ0v) is 11.5. The molecule has 18 heavy (non-hydrogen) atoms. The summed E-state index contributed by atoms with van der Waals surface area (Å²) in [6.45, 7) is 7.19. The zero-order chi connectivity index (χ0) is 12.8. The summed E-state index contributed by atoms with van der Waals surface area (Å²) >= 11 is 0. The molecule has 0 saturated carbocycles. The van der Waals surface area contributed by atoms with Gasteiger partial charge in [0.1, 0.15) is 0 Å². The van der Waals surface area contributed by atoms with Crippen LogP contribution in [0.2, 0.25) is 0 Å². The largest absolute Gasteiger partial charge is 0.313 e. The number of fused-ring (bicyclic) bond motifs is 1. The molecule has 0 bridgehead atoms. The number of hydrogen-bond acceptors (Lipinski definition) is 1. The van der Waals surface area contributed by atoms with Gasteiger partial charge < -0.3 is 5.32 Å². The van der Waals surface area contributed by atoms with Crippen LogP contribution >= 0.6 is 0 Å². The van der Waals surface area contributed by atoms with E-state index in [1.54, 1.807) is 11.1 Å². The highest BCUT2D eigenvalue weighted by Gasteiger charge is 2.31. The Morgan fingerprint density at radius 1 is 1.44 bits per heavy atom. The van der Waals surface area contributed by atoms with Gasteiger partial charge in [-0.15, -0.1) is 6.58 Å². The van der Waals surface area contributed by atoms with Crippen LogP contribution in [0.3, 0.4) is 0 Å². The molecule has 2 rings (SSSR count). The molecule has 0 radical (unpaired) electrons. The Hall–Kier alpha value is -1.08. The SMILES string of the molecule is C=CCCCC(NCCC)C1Cc2ccccc21. The van der Waals surface area contributed by atoms with Crippen LogP contribution in [0.1, 0.15) is 49.7 Å². The van der Waals surface area contributed by atoms with Gasteiger partial charge in [0.05, 0.1) is 0 Å². The minimum atomic E-state index is 0.653. The lowest BCUT2D eigenvalue weighted by atomic mass is 9.72. The molecule has 1 aromatic rings. The minimum absolute atomic E-state index is 0.653. The fourth-order valence-corrected chi connectivity index (χ4v) is 2.91. The first-order valence-electron chi connectivity index (χ1n) is 7.29. The van der Waals surface area contributed by atoms with Gasteiger partial charge in [0, 0.05) is 12.0 Å². The Bertz CT molecular complexity index is 383. The van der Waals surface area contributed by atoms with E-state index in [1.807, 2.05) is 6.08 Å². The summed E-state index contributed by atoms with van der Waals surface area (Å²) in [5.41, 5.74) is 3.12. The minimum Gasteiger partial charge on any atom is -0.313 e. The Kier molecular flexibility index (Phi) is 5.00. The van der Waals surface area contributed by atoms with Gasteiger partial charge in [-0.2, -0.15) is 0 Å². The normalized spacial score (nSPS) is 18.8. The van der Waals surface area contributed by atoms with Gasteiger partial charge in [0.15, 0.2) is 0 Å². The predicted molar refractivity (Wildman–Crippen MR) is 79.0 cm³/mol. The summed E-state index contributed by atoms with van der Waals surface area (Å²) in [5.74, 6) is 0.734. The van der Waals surface area contributed by atoms with Crippen LogP contribution in [-0.2, 0) is 6.42 Å². The van der Waals surface area contributed by atoms with Gasteiger partial charge in [-0.1, -0.05) is 37.3 Å². The lowest BCUT2D eigenvalue weighted by molar-refractivity contribution is 0.373. The lowest BCUT2D eigenvalue weighted by Gasteiger charge is -2.37. The van der Waals surface area contributed by atoms with Gasteiger partial charge in [-0.05, 0) is 49.8 Å². The average molecular weight is 243 g/mol. The van der Waals surface area contributed by atoms with Gasteiger partial charge >= 0.3 is 0 Å². The van der Waals surface area contributed by atoms with Crippen molar-refractivity contribution in [3.63, 3.8) is 0 Å². The number of hydrogen-bond donors (Lipinski definition) is 1. The van der Waals surface area contributed by atoms with Gasteiger partial charge in [-0.25, -0.2) is 0 Å². The van der Waals surface area contributed by atoms with Crippen molar-refractivity contribution in [2.75, 3.05) is 6.54 Å². The van der Waals surface area contributed by atoms with E-state index in [0.29, 0.717) is 6.04 Å². The summed E-state index contributed by atoms with van der Waals surface area (Å²) < 4.78 is 0. The van der Waals surface area contributed by atoms with Gasteiger partial charge in [-0.3, -0.25) is 0 Å². The van der Waals surface area contributed by atoms with Gasteiger partial charge in [0.25, 0.3) is 0 Å². The molecule has 1 N–H and O–H groups in total. The Morgan fingerprint density at radius 2 is 2.28 bits per heavy atom. The van der Waals surface area contributed by atoms with E-state index in [1.165, 1.54) is 25.7 Å². The second-order valence-corrected chi connectivity index (χ2v) is 5.29. The summed E-state index contributed by atoms with van der Waals surface area (Å²) in [6.07, 6.45) is 8.16. The van der Waals surface area contributed by atoms with Crippen molar-refractivity contribution in [3.8, 4) is 0 Å². The van der Waals surface area contributed by atoms with Crippen LogP contribution in [0.15, 0.2) is 36.9 Å². The molecule has 0 saturated heterocycles. The molecule has 1 aromatic carbocycles. The number of rotatable bonds is 8. The molecular formula is C17H25N. The maximum atomic E-state index is 3.81. The summed E-state index contributed by atoms with van der Waals surface area (Å²) in [5, 5.41) is 3.74. The highest BCUT2D eigenvalue weighted by Crippen LogP contribution is 2.38. The van der Waals surface area contributed by atoms with E-state index < -0.39 is 0 Å². The van der Waals surface area contributed by atoms with Crippen LogP contribution in [0.4, 0.5) is 0 Å². The van der Waals surface area contributed by atoms with Crippen LogP contribution < -0.4 is 5.32 Å². The molecule has 0 spiro atoms.